The molecule has 0 aliphatic carbocycles. The normalized spacial score (nSPS) is 9.60. The van der Waals surface area contributed by atoms with Gasteiger partial charge in [-0.05, 0) is 24.3 Å². The summed E-state index contributed by atoms with van der Waals surface area (Å²) in [7, 11) is 1.62. The molecule has 4 nitrogen and oxygen atoms in total. The van der Waals surface area contributed by atoms with E-state index in [-0.39, 0.29) is 0 Å². The Balaban J connectivity index is 2.41. The fraction of sp³-hybridized carbons (Fsp3) is 0.125. The van der Waals surface area contributed by atoms with Gasteiger partial charge in [-0.2, -0.15) is 5.26 Å². The van der Waals surface area contributed by atoms with Gasteiger partial charge in [-0.25, -0.2) is 4.98 Å². The molecule has 0 spiro atoms. The lowest BCUT2D eigenvalue weighted by atomic mass is 10.1. The van der Waals surface area contributed by atoms with Crippen LogP contribution in [0.2, 0.25) is 0 Å². The zero-order valence-electron chi connectivity index (χ0n) is 11.2. The van der Waals surface area contributed by atoms with E-state index in [1.165, 1.54) is 0 Å². The first-order chi connectivity index (χ1) is 9.78. The molecule has 0 radical (unpaired) electrons. The highest BCUT2D eigenvalue weighted by Gasteiger charge is 2.08. The van der Waals surface area contributed by atoms with Crippen LogP contribution < -0.4 is 9.47 Å². The fourth-order valence-electron chi connectivity index (χ4n) is 1.72. The summed E-state index contributed by atoms with van der Waals surface area (Å²) in [6.45, 7) is 3.89. The summed E-state index contributed by atoms with van der Waals surface area (Å²) in [6, 6.07) is 13.1. The van der Waals surface area contributed by atoms with Crippen molar-refractivity contribution in [1.29, 1.82) is 5.26 Å². The Morgan fingerprint density at radius 3 is 2.90 bits per heavy atom. The molecule has 0 saturated carbocycles. The minimum absolute atomic E-state index is 0.309. The van der Waals surface area contributed by atoms with Gasteiger partial charge in [-0.3, -0.25) is 0 Å². The summed E-state index contributed by atoms with van der Waals surface area (Å²) in [5, 5.41) is 9.05. The van der Waals surface area contributed by atoms with Crippen LogP contribution in [0, 0.1) is 11.3 Å². The molecule has 1 heterocycles. The highest BCUT2D eigenvalue weighted by Crippen LogP contribution is 2.25. The van der Waals surface area contributed by atoms with Crippen LogP contribution in [0.4, 0.5) is 0 Å². The third kappa shape index (κ3) is 2.96. The standard InChI is InChI=1S/C16H14N2O2/c1-3-9-20-16-13(11-17)7-8-15(18-16)12-5-4-6-14(10-12)19-2/h3-8,10H,1,9H2,2H3. The minimum atomic E-state index is 0.309. The predicted molar refractivity (Wildman–Crippen MR) is 76.6 cm³/mol. The monoisotopic (exact) mass is 266 g/mol. The molecule has 0 atom stereocenters. The molecule has 0 aliphatic rings. The third-order valence-electron chi connectivity index (χ3n) is 2.68. The first kappa shape index (κ1) is 13.6. The second kappa shape index (κ2) is 6.39. The van der Waals surface area contributed by atoms with E-state index in [4.69, 9.17) is 14.7 Å². The van der Waals surface area contributed by atoms with Crippen molar-refractivity contribution in [3.63, 3.8) is 0 Å². The summed E-state index contributed by atoms with van der Waals surface area (Å²) >= 11 is 0. The van der Waals surface area contributed by atoms with E-state index in [9.17, 15) is 0 Å². The van der Waals surface area contributed by atoms with Crippen molar-refractivity contribution in [1.82, 2.24) is 4.98 Å². The Morgan fingerprint density at radius 1 is 1.35 bits per heavy atom. The van der Waals surface area contributed by atoms with Gasteiger partial charge >= 0.3 is 0 Å². The number of aromatic nitrogens is 1. The molecule has 0 amide bonds. The highest BCUT2D eigenvalue weighted by molar-refractivity contribution is 5.63. The Bertz CT molecular complexity index is 660. The number of rotatable bonds is 5. The molecule has 100 valence electrons. The Kier molecular flexibility index (Phi) is 4.35. The van der Waals surface area contributed by atoms with Crippen molar-refractivity contribution >= 4 is 0 Å². The third-order valence-corrected chi connectivity index (χ3v) is 2.68. The SMILES string of the molecule is C=CCOc1nc(-c2cccc(OC)c2)ccc1C#N. The van der Waals surface area contributed by atoms with E-state index in [1.807, 2.05) is 24.3 Å². The molecule has 2 aromatic rings. The number of hydrogen-bond donors (Lipinski definition) is 0. The summed E-state index contributed by atoms with van der Waals surface area (Å²) in [6.07, 6.45) is 1.61. The van der Waals surface area contributed by atoms with E-state index in [0.717, 1.165) is 17.0 Å². The summed E-state index contributed by atoms with van der Waals surface area (Å²) in [4.78, 5) is 4.38. The van der Waals surface area contributed by atoms with Gasteiger partial charge in [0.05, 0.1) is 12.8 Å². The van der Waals surface area contributed by atoms with Crippen LogP contribution in [0.25, 0.3) is 11.3 Å². The largest absolute Gasteiger partial charge is 0.497 e. The number of hydrogen-bond acceptors (Lipinski definition) is 4. The number of pyridine rings is 1. The zero-order valence-corrected chi connectivity index (χ0v) is 11.2. The molecule has 0 saturated heterocycles. The fourth-order valence-corrected chi connectivity index (χ4v) is 1.72. The molecule has 2 rings (SSSR count). The van der Waals surface area contributed by atoms with Crippen molar-refractivity contribution < 1.29 is 9.47 Å². The molecule has 0 unspecified atom stereocenters. The van der Waals surface area contributed by atoms with Gasteiger partial charge < -0.3 is 9.47 Å². The molecule has 0 bridgehead atoms. The van der Waals surface area contributed by atoms with Gasteiger partial charge in [0.15, 0.2) is 0 Å². The Morgan fingerprint density at radius 2 is 2.20 bits per heavy atom. The van der Waals surface area contributed by atoms with Crippen LogP contribution in [0.5, 0.6) is 11.6 Å². The Labute approximate surface area is 117 Å². The molecule has 1 aromatic carbocycles. The average Bonchev–Trinajstić information content (AvgIpc) is 2.52. The van der Waals surface area contributed by atoms with Gasteiger partial charge in [0.2, 0.25) is 5.88 Å². The number of methoxy groups -OCH3 is 1. The zero-order chi connectivity index (χ0) is 14.4. The summed E-state index contributed by atoms with van der Waals surface area (Å²) < 4.78 is 10.6. The minimum Gasteiger partial charge on any atom is -0.497 e. The maximum Gasteiger partial charge on any atom is 0.232 e. The quantitative estimate of drug-likeness (QED) is 0.780. The smallest absolute Gasteiger partial charge is 0.232 e. The predicted octanol–water partition coefficient (Wildman–Crippen LogP) is 3.19. The highest BCUT2D eigenvalue weighted by atomic mass is 16.5. The van der Waals surface area contributed by atoms with Crippen LogP contribution >= 0.6 is 0 Å². The van der Waals surface area contributed by atoms with E-state index in [1.54, 1.807) is 25.3 Å². The van der Waals surface area contributed by atoms with Gasteiger partial charge in [0.25, 0.3) is 0 Å². The van der Waals surface area contributed by atoms with Gasteiger partial charge in [-0.1, -0.05) is 24.8 Å². The van der Waals surface area contributed by atoms with Crippen molar-refractivity contribution in [2.45, 2.75) is 0 Å². The van der Waals surface area contributed by atoms with Crippen molar-refractivity contribution in [3.05, 3.63) is 54.6 Å². The van der Waals surface area contributed by atoms with Crippen LogP contribution in [0.1, 0.15) is 5.56 Å². The molecule has 0 N–H and O–H groups in total. The van der Waals surface area contributed by atoms with Crippen LogP contribution in [-0.2, 0) is 0 Å². The summed E-state index contributed by atoms with van der Waals surface area (Å²) in [5.74, 6) is 1.06. The Hall–Kier alpha value is -2.80. The van der Waals surface area contributed by atoms with E-state index >= 15 is 0 Å². The maximum atomic E-state index is 9.05. The molecular weight excluding hydrogens is 252 g/mol. The van der Waals surface area contributed by atoms with E-state index < -0.39 is 0 Å². The average molecular weight is 266 g/mol. The molecule has 20 heavy (non-hydrogen) atoms. The maximum absolute atomic E-state index is 9.05. The summed E-state index contributed by atoms with van der Waals surface area (Å²) in [5.41, 5.74) is 2.03. The van der Waals surface area contributed by atoms with Gasteiger partial charge in [-0.15, -0.1) is 0 Å². The number of nitrogens with zero attached hydrogens (tertiary/aromatic N) is 2. The molecular formula is C16H14N2O2. The lowest BCUT2D eigenvalue weighted by Gasteiger charge is -2.08. The van der Waals surface area contributed by atoms with Crippen molar-refractivity contribution in [2.75, 3.05) is 13.7 Å². The first-order valence-corrected chi connectivity index (χ1v) is 6.07. The van der Waals surface area contributed by atoms with Crippen molar-refractivity contribution in [2.24, 2.45) is 0 Å². The number of ether oxygens (including phenoxy) is 2. The first-order valence-electron chi connectivity index (χ1n) is 6.07. The second-order valence-electron chi connectivity index (χ2n) is 3.99. The molecule has 0 fully saturated rings. The van der Waals surface area contributed by atoms with Gasteiger partial charge in [0.1, 0.15) is 24.0 Å². The van der Waals surface area contributed by atoms with Crippen LogP contribution in [-0.4, -0.2) is 18.7 Å². The van der Waals surface area contributed by atoms with E-state index in [2.05, 4.69) is 17.6 Å². The number of benzene rings is 1. The van der Waals surface area contributed by atoms with Crippen LogP contribution in [0.15, 0.2) is 49.1 Å². The second-order valence-corrected chi connectivity index (χ2v) is 3.99. The van der Waals surface area contributed by atoms with Crippen LogP contribution in [0.3, 0.4) is 0 Å². The van der Waals surface area contributed by atoms with Gasteiger partial charge in [0, 0.05) is 5.56 Å². The topological polar surface area (TPSA) is 55.1 Å². The lowest BCUT2D eigenvalue weighted by molar-refractivity contribution is 0.348. The molecule has 1 aromatic heterocycles. The lowest BCUT2D eigenvalue weighted by Crippen LogP contribution is -1.99. The number of nitriles is 1. The molecule has 4 heteroatoms. The molecule has 0 aliphatic heterocycles. The van der Waals surface area contributed by atoms with E-state index in [0.29, 0.717) is 18.1 Å². The van der Waals surface area contributed by atoms with Crippen molar-refractivity contribution in [3.8, 4) is 29.0 Å².